The van der Waals surface area contributed by atoms with Gasteiger partial charge in [-0.15, -0.1) is 0 Å². The Morgan fingerprint density at radius 2 is 1.48 bits per heavy atom. The predicted molar refractivity (Wildman–Crippen MR) is 125 cm³/mol. The van der Waals surface area contributed by atoms with Gasteiger partial charge in [-0.1, -0.05) is 60.7 Å². The van der Waals surface area contributed by atoms with Crippen LogP contribution in [-0.4, -0.2) is 23.9 Å². The van der Waals surface area contributed by atoms with Crippen LogP contribution in [0.5, 0.6) is 5.88 Å². The van der Waals surface area contributed by atoms with E-state index in [1.54, 1.807) is 0 Å². The highest BCUT2D eigenvalue weighted by molar-refractivity contribution is 5.52. The SMILES string of the molecule is Cc1nn(-c2ccccc2)c2c1C(c1ccc(N(C)C)cc1)CC(c1ccccc1)O2. The van der Waals surface area contributed by atoms with E-state index in [-0.39, 0.29) is 12.0 Å². The standard InChI is InChI=1S/C27H27N3O/c1-19-26-24(20-14-16-22(17-15-20)29(2)3)18-25(21-10-6-4-7-11-21)31-27(26)30(28-19)23-12-8-5-9-13-23/h4-17,24-25H,18H2,1-3H3. The Hall–Kier alpha value is -3.53. The van der Waals surface area contributed by atoms with Crippen molar-refractivity contribution in [1.82, 2.24) is 9.78 Å². The highest BCUT2D eigenvalue weighted by atomic mass is 16.5. The Morgan fingerprint density at radius 1 is 0.839 bits per heavy atom. The summed E-state index contributed by atoms with van der Waals surface area (Å²) in [5.74, 6) is 1.08. The molecule has 1 aliphatic heterocycles. The summed E-state index contributed by atoms with van der Waals surface area (Å²) in [5, 5.41) is 4.90. The Balaban J connectivity index is 1.64. The van der Waals surface area contributed by atoms with Crippen molar-refractivity contribution < 1.29 is 4.74 Å². The first-order valence-electron chi connectivity index (χ1n) is 10.8. The Morgan fingerprint density at radius 3 is 2.13 bits per heavy atom. The van der Waals surface area contributed by atoms with Crippen LogP contribution in [0.2, 0.25) is 0 Å². The topological polar surface area (TPSA) is 30.3 Å². The van der Waals surface area contributed by atoms with Gasteiger partial charge in [-0.2, -0.15) is 5.10 Å². The number of aryl methyl sites for hydroxylation is 1. The number of nitrogens with zero attached hydrogens (tertiary/aromatic N) is 3. The third kappa shape index (κ3) is 3.59. The number of benzene rings is 3. The van der Waals surface area contributed by atoms with Crippen LogP contribution in [0.4, 0.5) is 5.69 Å². The zero-order valence-corrected chi connectivity index (χ0v) is 18.2. The van der Waals surface area contributed by atoms with E-state index >= 15 is 0 Å². The average Bonchev–Trinajstić information content (AvgIpc) is 3.16. The van der Waals surface area contributed by atoms with Crippen molar-refractivity contribution in [1.29, 1.82) is 0 Å². The fourth-order valence-corrected chi connectivity index (χ4v) is 4.47. The van der Waals surface area contributed by atoms with E-state index in [1.165, 1.54) is 22.4 Å². The lowest BCUT2D eigenvalue weighted by Gasteiger charge is -2.32. The minimum atomic E-state index is -0.0224. The average molecular weight is 410 g/mol. The molecule has 0 radical (unpaired) electrons. The molecule has 31 heavy (non-hydrogen) atoms. The summed E-state index contributed by atoms with van der Waals surface area (Å²) in [5.41, 5.74) is 6.92. The van der Waals surface area contributed by atoms with Crippen molar-refractivity contribution in [3.05, 3.63) is 107 Å². The molecule has 3 aromatic carbocycles. The van der Waals surface area contributed by atoms with Crippen LogP contribution >= 0.6 is 0 Å². The summed E-state index contributed by atoms with van der Waals surface area (Å²) in [7, 11) is 4.14. The van der Waals surface area contributed by atoms with Crippen LogP contribution in [-0.2, 0) is 0 Å². The van der Waals surface area contributed by atoms with Crippen molar-refractivity contribution in [3.63, 3.8) is 0 Å². The second-order valence-electron chi connectivity index (χ2n) is 8.34. The van der Waals surface area contributed by atoms with Gasteiger partial charge in [-0.3, -0.25) is 0 Å². The lowest BCUT2D eigenvalue weighted by molar-refractivity contribution is 0.155. The second-order valence-corrected chi connectivity index (χ2v) is 8.34. The Labute approximate surface area is 183 Å². The van der Waals surface area contributed by atoms with Gasteiger partial charge in [0.15, 0.2) is 0 Å². The quantitative estimate of drug-likeness (QED) is 0.420. The van der Waals surface area contributed by atoms with Crippen molar-refractivity contribution in [2.24, 2.45) is 0 Å². The van der Waals surface area contributed by atoms with Gasteiger partial charge >= 0.3 is 0 Å². The Bertz CT molecular complexity index is 1160. The minimum Gasteiger partial charge on any atom is -0.469 e. The second kappa shape index (κ2) is 7.95. The summed E-state index contributed by atoms with van der Waals surface area (Å²) in [6.45, 7) is 2.09. The number of hydrogen-bond donors (Lipinski definition) is 0. The largest absolute Gasteiger partial charge is 0.469 e. The summed E-state index contributed by atoms with van der Waals surface area (Å²) in [6, 6.07) is 29.6. The lowest BCUT2D eigenvalue weighted by Crippen LogP contribution is -2.21. The number of aromatic nitrogens is 2. The first kappa shape index (κ1) is 19.4. The maximum Gasteiger partial charge on any atom is 0.221 e. The molecule has 1 aromatic heterocycles. The third-order valence-corrected chi connectivity index (χ3v) is 6.10. The van der Waals surface area contributed by atoms with Crippen molar-refractivity contribution in [3.8, 4) is 11.6 Å². The molecule has 4 aromatic rings. The van der Waals surface area contributed by atoms with E-state index in [9.17, 15) is 0 Å². The number of anilines is 1. The van der Waals surface area contributed by atoms with Gasteiger partial charge < -0.3 is 9.64 Å². The third-order valence-electron chi connectivity index (χ3n) is 6.10. The summed E-state index contributed by atoms with van der Waals surface area (Å²) in [6.07, 6.45) is 0.866. The van der Waals surface area contributed by atoms with E-state index < -0.39 is 0 Å². The number of ether oxygens (including phenoxy) is 1. The molecule has 5 rings (SSSR count). The van der Waals surface area contributed by atoms with Crippen LogP contribution in [0, 0.1) is 6.92 Å². The van der Waals surface area contributed by atoms with Crippen molar-refractivity contribution in [2.75, 3.05) is 19.0 Å². The molecule has 0 saturated heterocycles. The van der Waals surface area contributed by atoms with E-state index in [4.69, 9.17) is 9.84 Å². The molecule has 4 heteroatoms. The van der Waals surface area contributed by atoms with E-state index in [1.807, 2.05) is 28.9 Å². The van der Waals surface area contributed by atoms with Crippen molar-refractivity contribution in [2.45, 2.75) is 25.4 Å². The summed E-state index contributed by atoms with van der Waals surface area (Å²) < 4.78 is 8.59. The lowest BCUT2D eigenvalue weighted by atomic mass is 9.83. The molecule has 2 unspecified atom stereocenters. The van der Waals surface area contributed by atoms with E-state index in [0.717, 1.165) is 23.7 Å². The van der Waals surface area contributed by atoms with Crippen LogP contribution in [0.3, 0.4) is 0 Å². The van der Waals surface area contributed by atoms with E-state index in [0.29, 0.717) is 0 Å². The summed E-state index contributed by atoms with van der Waals surface area (Å²) >= 11 is 0. The molecule has 4 nitrogen and oxygen atoms in total. The highest BCUT2D eigenvalue weighted by Gasteiger charge is 2.35. The molecular formula is C27H27N3O. The fourth-order valence-electron chi connectivity index (χ4n) is 4.47. The van der Waals surface area contributed by atoms with Crippen LogP contribution in [0.15, 0.2) is 84.9 Å². The highest BCUT2D eigenvalue weighted by Crippen LogP contribution is 2.47. The number of fused-ring (bicyclic) bond motifs is 1. The molecule has 1 aliphatic rings. The van der Waals surface area contributed by atoms with Gasteiger partial charge in [0, 0.05) is 31.3 Å². The molecule has 0 amide bonds. The van der Waals surface area contributed by atoms with E-state index in [2.05, 4.69) is 86.6 Å². The minimum absolute atomic E-state index is 0.0224. The molecule has 0 aliphatic carbocycles. The molecular weight excluding hydrogens is 382 g/mol. The number of rotatable bonds is 4. The van der Waals surface area contributed by atoms with Gasteiger partial charge in [0.25, 0.3) is 0 Å². The molecule has 2 atom stereocenters. The normalized spacial score (nSPS) is 17.6. The number of hydrogen-bond acceptors (Lipinski definition) is 3. The first-order valence-corrected chi connectivity index (χ1v) is 10.8. The maximum atomic E-state index is 6.63. The van der Waals surface area contributed by atoms with Gasteiger partial charge in [0.05, 0.1) is 11.4 Å². The maximum absolute atomic E-state index is 6.63. The van der Waals surface area contributed by atoms with Gasteiger partial charge in [0.1, 0.15) is 6.10 Å². The number of para-hydroxylation sites is 1. The Kier molecular flexibility index (Phi) is 4.99. The molecule has 0 N–H and O–H groups in total. The molecule has 156 valence electrons. The molecule has 0 saturated carbocycles. The van der Waals surface area contributed by atoms with Gasteiger partial charge in [-0.25, -0.2) is 4.68 Å². The molecule has 0 fully saturated rings. The van der Waals surface area contributed by atoms with Crippen LogP contribution in [0.25, 0.3) is 5.69 Å². The van der Waals surface area contributed by atoms with Crippen LogP contribution in [0.1, 0.15) is 40.8 Å². The molecule has 0 bridgehead atoms. The smallest absolute Gasteiger partial charge is 0.221 e. The van der Waals surface area contributed by atoms with Crippen molar-refractivity contribution >= 4 is 5.69 Å². The zero-order chi connectivity index (χ0) is 21.4. The van der Waals surface area contributed by atoms with Gasteiger partial charge in [0.2, 0.25) is 5.88 Å². The first-order chi connectivity index (χ1) is 15.1. The predicted octanol–water partition coefficient (Wildman–Crippen LogP) is 5.90. The van der Waals surface area contributed by atoms with Gasteiger partial charge in [-0.05, 0) is 48.7 Å². The monoisotopic (exact) mass is 409 g/mol. The zero-order valence-electron chi connectivity index (χ0n) is 18.2. The van der Waals surface area contributed by atoms with Crippen LogP contribution < -0.4 is 9.64 Å². The molecule has 2 heterocycles. The summed E-state index contributed by atoms with van der Waals surface area (Å²) in [4.78, 5) is 2.13. The molecule has 0 spiro atoms. The fraction of sp³-hybridized carbons (Fsp3) is 0.222.